The van der Waals surface area contributed by atoms with Crippen molar-refractivity contribution in [3.8, 4) is 11.3 Å². The number of aryl methyl sites for hydroxylation is 1. The van der Waals surface area contributed by atoms with E-state index in [0.717, 1.165) is 42.9 Å². The van der Waals surface area contributed by atoms with Gasteiger partial charge in [-0.2, -0.15) is 0 Å². The standard InChI is InChI=1S/C15H18BrN3S/c1-11-15(12-3-2-4-13(16)9-12)18-14(20-11)10-19-7-5-17-6-8-19/h2-4,9,17H,5-8,10H2,1H3. The van der Waals surface area contributed by atoms with Gasteiger partial charge in [-0.25, -0.2) is 4.98 Å². The molecule has 1 aliphatic heterocycles. The summed E-state index contributed by atoms with van der Waals surface area (Å²) in [5.41, 5.74) is 2.32. The zero-order valence-electron chi connectivity index (χ0n) is 11.5. The van der Waals surface area contributed by atoms with Gasteiger partial charge in [-0.1, -0.05) is 28.1 Å². The highest BCUT2D eigenvalue weighted by Crippen LogP contribution is 2.29. The van der Waals surface area contributed by atoms with Gasteiger partial charge in [0.1, 0.15) is 5.01 Å². The lowest BCUT2D eigenvalue weighted by Gasteiger charge is -2.26. The van der Waals surface area contributed by atoms with Crippen molar-refractivity contribution in [1.29, 1.82) is 0 Å². The molecule has 0 amide bonds. The van der Waals surface area contributed by atoms with E-state index < -0.39 is 0 Å². The summed E-state index contributed by atoms with van der Waals surface area (Å²) in [6.07, 6.45) is 0. The van der Waals surface area contributed by atoms with Crippen LogP contribution in [0.1, 0.15) is 9.88 Å². The monoisotopic (exact) mass is 351 g/mol. The first-order chi connectivity index (χ1) is 9.72. The minimum atomic E-state index is 0.973. The van der Waals surface area contributed by atoms with Crippen LogP contribution in [0.5, 0.6) is 0 Å². The Balaban J connectivity index is 1.80. The van der Waals surface area contributed by atoms with E-state index in [4.69, 9.17) is 4.98 Å². The van der Waals surface area contributed by atoms with Crippen LogP contribution in [0.4, 0.5) is 0 Å². The Hall–Kier alpha value is -0.750. The van der Waals surface area contributed by atoms with Gasteiger partial charge in [0.15, 0.2) is 0 Å². The molecule has 0 spiro atoms. The third-order valence-corrected chi connectivity index (χ3v) is 4.96. The van der Waals surface area contributed by atoms with E-state index in [-0.39, 0.29) is 0 Å². The Morgan fingerprint density at radius 3 is 2.90 bits per heavy atom. The summed E-state index contributed by atoms with van der Waals surface area (Å²) in [7, 11) is 0. The lowest BCUT2D eigenvalue weighted by Crippen LogP contribution is -2.42. The van der Waals surface area contributed by atoms with E-state index in [1.165, 1.54) is 15.4 Å². The largest absolute Gasteiger partial charge is 0.314 e. The molecule has 0 aliphatic carbocycles. The minimum absolute atomic E-state index is 0.973. The Kier molecular flexibility index (Phi) is 4.51. The SMILES string of the molecule is Cc1sc(CN2CCNCC2)nc1-c1cccc(Br)c1. The van der Waals surface area contributed by atoms with E-state index in [1.54, 1.807) is 0 Å². The second-order valence-electron chi connectivity index (χ2n) is 5.05. The molecule has 1 aliphatic rings. The van der Waals surface area contributed by atoms with Crippen molar-refractivity contribution in [2.75, 3.05) is 26.2 Å². The highest BCUT2D eigenvalue weighted by molar-refractivity contribution is 9.10. The molecule has 0 saturated carbocycles. The summed E-state index contributed by atoms with van der Waals surface area (Å²) >= 11 is 5.35. The predicted octanol–water partition coefficient (Wildman–Crippen LogP) is 3.29. The maximum Gasteiger partial charge on any atom is 0.108 e. The Morgan fingerprint density at radius 2 is 2.15 bits per heavy atom. The summed E-state index contributed by atoms with van der Waals surface area (Å²) in [5, 5.41) is 4.61. The molecule has 5 heteroatoms. The lowest BCUT2D eigenvalue weighted by atomic mass is 10.1. The molecule has 3 nitrogen and oxygen atoms in total. The van der Waals surface area contributed by atoms with Crippen molar-refractivity contribution in [3.63, 3.8) is 0 Å². The van der Waals surface area contributed by atoms with Crippen LogP contribution in [0, 0.1) is 6.92 Å². The second-order valence-corrected chi connectivity index (χ2v) is 7.25. The Labute approximate surface area is 132 Å². The minimum Gasteiger partial charge on any atom is -0.314 e. The number of halogens is 1. The number of benzene rings is 1. The van der Waals surface area contributed by atoms with Crippen LogP contribution >= 0.6 is 27.3 Å². The number of hydrogen-bond acceptors (Lipinski definition) is 4. The molecule has 0 atom stereocenters. The first kappa shape index (κ1) is 14.2. The van der Waals surface area contributed by atoms with Crippen molar-refractivity contribution < 1.29 is 0 Å². The van der Waals surface area contributed by atoms with Crippen LogP contribution in [0.25, 0.3) is 11.3 Å². The van der Waals surface area contributed by atoms with Crippen LogP contribution in [0.15, 0.2) is 28.7 Å². The molecule has 0 radical (unpaired) electrons. The molecule has 0 unspecified atom stereocenters. The van der Waals surface area contributed by atoms with Crippen molar-refractivity contribution in [2.45, 2.75) is 13.5 Å². The number of hydrogen-bond donors (Lipinski definition) is 1. The van der Waals surface area contributed by atoms with E-state index in [2.05, 4.69) is 51.3 Å². The zero-order chi connectivity index (χ0) is 13.9. The maximum atomic E-state index is 4.85. The maximum absolute atomic E-state index is 4.85. The zero-order valence-corrected chi connectivity index (χ0v) is 13.9. The van der Waals surface area contributed by atoms with Gasteiger partial charge in [-0.15, -0.1) is 11.3 Å². The third kappa shape index (κ3) is 3.28. The van der Waals surface area contributed by atoms with Crippen molar-refractivity contribution in [2.24, 2.45) is 0 Å². The Morgan fingerprint density at radius 1 is 1.35 bits per heavy atom. The van der Waals surface area contributed by atoms with Crippen LogP contribution in [0.3, 0.4) is 0 Å². The lowest BCUT2D eigenvalue weighted by molar-refractivity contribution is 0.233. The summed E-state index contributed by atoms with van der Waals surface area (Å²) in [6, 6.07) is 8.37. The van der Waals surface area contributed by atoms with Gasteiger partial charge in [0.2, 0.25) is 0 Å². The average Bonchev–Trinajstić information content (AvgIpc) is 2.81. The van der Waals surface area contributed by atoms with Crippen LogP contribution in [-0.4, -0.2) is 36.1 Å². The number of aromatic nitrogens is 1. The summed E-state index contributed by atoms with van der Waals surface area (Å²) in [4.78, 5) is 8.62. The number of nitrogens with zero attached hydrogens (tertiary/aromatic N) is 2. The third-order valence-electron chi connectivity index (χ3n) is 3.51. The number of thiazole rings is 1. The highest BCUT2D eigenvalue weighted by Gasteiger charge is 2.15. The summed E-state index contributed by atoms with van der Waals surface area (Å²) < 4.78 is 1.10. The highest BCUT2D eigenvalue weighted by atomic mass is 79.9. The van der Waals surface area contributed by atoms with E-state index in [9.17, 15) is 0 Å². The van der Waals surface area contributed by atoms with Gasteiger partial charge < -0.3 is 5.32 Å². The van der Waals surface area contributed by atoms with E-state index in [0.29, 0.717) is 0 Å². The van der Waals surface area contributed by atoms with Crippen LogP contribution in [0.2, 0.25) is 0 Å². The van der Waals surface area contributed by atoms with Gasteiger partial charge in [0.05, 0.1) is 12.2 Å². The van der Waals surface area contributed by atoms with Crippen LogP contribution < -0.4 is 5.32 Å². The molecular weight excluding hydrogens is 334 g/mol. The molecule has 1 aromatic heterocycles. The molecule has 106 valence electrons. The predicted molar refractivity (Wildman–Crippen MR) is 88.1 cm³/mol. The van der Waals surface area contributed by atoms with Gasteiger partial charge in [-0.3, -0.25) is 4.90 Å². The number of rotatable bonds is 3. The molecule has 1 aromatic carbocycles. The molecule has 2 aromatic rings. The van der Waals surface area contributed by atoms with E-state index >= 15 is 0 Å². The smallest absolute Gasteiger partial charge is 0.108 e. The average molecular weight is 352 g/mol. The summed E-state index contributed by atoms with van der Waals surface area (Å²) in [5.74, 6) is 0. The van der Waals surface area contributed by atoms with Crippen molar-refractivity contribution in [1.82, 2.24) is 15.2 Å². The molecule has 1 fully saturated rings. The first-order valence-corrected chi connectivity index (χ1v) is 8.48. The van der Waals surface area contributed by atoms with Crippen LogP contribution in [-0.2, 0) is 6.54 Å². The molecule has 0 bridgehead atoms. The van der Waals surface area contributed by atoms with Gasteiger partial charge in [0, 0.05) is 41.1 Å². The normalized spacial score (nSPS) is 16.5. The van der Waals surface area contributed by atoms with E-state index in [1.807, 2.05) is 17.4 Å². The fraction of sp³-hybridized carbons (Fsp3) is 0.400. The summed E-state index contributed by atoms with van der Waals surface area (Å²) in [6.45, 7) is 7.54. The molecule has 1 N–H and O–H groups in total. The van der Waals surface area contributed by atoms with Crippen molar-refractivity contribution >= 4 is 27.3 Å². The number of nitrogens with one attached hydrogen (secondary N) is 1. The molecule has 3 rings (SSSR count). The molecule has 20 heavy (non-hydrogen) atoms. The quantitative estimate of drug-likeness (QED) is 0.919. The van der Waals surface area contributed by atoms with Gasteiger partial charge in [0.25, 0.3) is 0 Å². The topological polar surface area (TPSA) is 28.2 Å². The first-order valence-electron chi connectivity index (χ1n) is 6.88. The Bertz CT molecular complexity index is 591. The molecular formula is C15H18BrN3S. The fourth-order valence-corrected chi connectivity index (χ4v) is 3.88. The fourth-order valence-electron chi connectivity index (χ4n) is 2.48. The number of piperazine rings is 1. The molecule has 1 saturated heterocycles. The van der Waals surface area contributed by atoms with Gasteiger partial charge in [-0.05, 0) is 19.1 Å². The second kappa shape index (κ2) is 6.35. The molecule has 2 heterocycles. The van der Waals surface area contributed by atoms with Gasteiger partial charge >= 0.3 is 0 Å². The van der Waals surface area contributed by atoms with Crippen molar-refractivity contribution in [3.05, 3.63) is 38.6 Å².